The molecule has 1 radical (unpaired) electrons. The number of aryl methyl sites for hydroxylation is 1. The van der Waals surface area contributed by atoms with Gasteiger partial charge in [0.1, 0.15) is 0 Å². The second kappa shape index (κ2) is 9.01. The van der Waals surface area contributed by atoms with Crippen molar-refractivity contribution in [2.45, 2.75) is 40.5 Å². The first kappa shape index (κ1) is 20.7. The van der Waals surface area contributed by atoms with Crippen LogP contribution in [-0.2, 0) is 27.2 Å². The third-order valence-corrected chi connectivity index (χ3v) is 3.27. The van der Waals surface area contributed by atoms with Crippen LogP contribution in [0.3, 0.4) is 0 Å². The molecule has 6 heteroatoms. The number of hydrogen-bond donors (Lipinski definition) is 1. The van der Waals surface area contributed by atoms with Gasteiger partial charge >= 0.3 is 5.78 Å². The summed E-state index contributed by atoms with van der Waals surface area (Å²) in [6.45, 7) is 8.43. The van der Waals surface area contributed by atoms with E-state index in [4.69, 9.17) is 9.90 Å². The number of aliphatic hydroxyl groups is 1. The van der Waals surface area contributed by atoms with E-state index >= 15 is 0 Å². The van der Waals surface area contributed by atoms with Crippen LogP contribution >= 0.6 is 0 Å². The van der Waals surface area contributed by atoms with Gasteiger partial charge in [-0.05, 0) is 19.5 Å². The summed E-state index contributed by atoms with van der Waals surface area (Å²) in [7, 11) is 1.94. The van der Waals surface area contributed by atoms with Crippen LogP contribution < -0.4 is 0 Å². The van der Waals surface area contributed by atoms with Gasteiger partial charge in [0.2, 0.25) is 0 Å². The zero-order valence-corrected chi connectivity index (χ0v) is 16.2. The Morgan fingerprint density at radius 3 is 2.45 bits per heavy atom. The molecule has 0 bridgehead atoms. The minimum absolute atomic E-state index is 0. The summed E-state index contributed by atoms with van der Waals surface area (Å²) in [5.41, 5.74) is 2.36. The van der Waals surface area contributed by atoms with E-state index < -0.39 is 0 Å². The molecule has 125 valence electrons. The van der Waals surface area contributed by atoms with Crippen molar-refractivity contribution in [3.8, 4) is 0 Å². The summed E-state index contributed by atoms with van der Waals surface area (Å²) >= 11 is 0. The summed E-state index contributed by atoms with van der Waals surface area (Å²) in [6.07, 6.45) is 5.38. The van der Waals surface area contributed by atoms with E-state index in [1.807, 2.05) is 11.7 Å². The Bertz CT molecular complexity index is 555. The number of aromatic nitrogens is 2. The molecule has 0 amide bonds. The Hall–Kier alpha value is -1.26. The van der Waals surface area contributed by atoms with Crippen molar-refractivity contribution in [1.29, 1.82) is 0 Å². The Labute approximate surface area is 145 Å². The van der Waals surface area contributed by atoms with Gasteiger partial charge in [0.25, 0.3) is 0 Å². The maximum Gasteiger partial charge on any atom is 0.316 e. The van der Waals surface area contributed by atoms with Crippen molar-refractivity contribution < 1.29 is 30.0 Å². The standard InChI is InChI=1S/C11H16N3.C5H8O2.Ir/c1-11(2)6-4-7-12-10(11)9-5-8-13-14(9)3;1-4(6)3-5(2)7;/h8H,4,6-7H2,1-3H3;3,6H,1-2H3;/q-1;;/p+1/b;4-3-;. The monoisotopic (exact) mass is 484 g/mol. The van der Waals surface area contributed by atoms with Crippen molar-refractivity contribution in [2.75, 3.05) is 6.54 Å². The fourth-order valence-corrected chi connectivity index (χ4v) is 2.29. The molecule has 0 fully saturated rings. The van der Waals surface area contributed by atoms with Crippen LogP contribution in [0.25, 0.3) is 0 Å². The molecule has 0 saturated heterocycles. The fourth-order valence-electron chi connectivity index (χ4n) is 2.29. The van der Waals surface area contributed by atoms with Crippen LogP contribution in [0.5, 0.6) is 0 Å². The van der Waals surface area contributed by atoms with Crippen molar-refractivity contribution in [1.82, 2.24) is 9.78 Å². The summed E-state index contributed by atoms with van der Waals surface area (Å²) < 4.78 is 1.85. The van der Waals surface area contributed by atoms with Crippen LogP contribution in [0, 0.1) is 11.5 Å². The predicted molar refractivity (Wildman–Crippen MR) is 85.5 cm³/mol. The number of aliphatic imine (C=N–C) groups is 1. The minimum Gasteiger partial charge on any atom is -0.512 e. The molecule has 0 aromatic carbocycles. The summed E-state index contributed by atoms with van der Waals surface area (Å²) in [5.74, 6) is 0.250. The first-order valence-electron chi connectivity index (χ1n) is 7.09. The van der Waals surface area contributed by atoms with Gasteiger partial charge in [-0.15, -0.1) is 0 Å². The molecule has 2 N–H and O–H groups in total. The molecule has 0 unspecified atom stereocenters. The van der Waals surface area contributed by atoms with Crippen molar-refractivity contribution in [3.63, 3.8) is 0 Å². The molecule has 1 aliphatic rings. The third kappa shape index (κ3) is 6.24. The number of ketones is 1. The molecule has 5 nitrogen and oxygen atoms in total. The van der Waals surface area contributed by atoms with Crippen LogP contribution in [0.1, 0.15) is 46.2 Å². The molecule has 1 aromatic heterocycles. The zero-order chi connectivity index (χ0) is 16.0. The average Bonchev–Trinajstić information content (AvgIpc) is 2.73. The van der Waals surface area contributed by atoms with Crippen molar-refractivity contribution >= 4 is 11.5 Å². The van der Waals surface area contributed by atoms with Crippen molar-refractivity contribution in [2.24, 2.45) is 17.5 Å². The van der Waals surface area contributed by atoms with Crippen LogP contribution in [-0.4, -0.2) is 37.7 Å². The molecule has 1 aromatic rings. The maximum atomic E-state index is 8.40. The molecule has 0 aliphatic carbocycles. The third-order valence-electron chi connectivity index (χ3n) is 3.27. The summed E-state index contributed by atoms with van der Waals surface area (Å²) in [4.78, 5) is 13.0. The van der Waals surface area contributed by atoms with E-state index in [-0.39, 0.29) is 37.1 Å². The molecule has 0 saturated carbocycles. The van der Waals surface area contributed by atoms with Gasteiger partial charge in [-0.3, -0.25) is 4.79 Å². The first-order chi connectivity index (χ1) is 9.74. The minimum atomic E-state index is 0. The van der Waals surface area contributed by atoms with E-state index in [1.54, 1.807) is 6.20 Å². The maximum absolute atomic E-state index is 8.40. The molecular weight excluding hydrogens is 458 g/mol. The van der Waals surface area contributed by atoms with Gasteiger partial charge in [-0.25, -0.2) is 11.2 Å². The Morgan fingerprint density at radius 1 is 1.45 bits per heavy atom. The van der Waals surface area contributed by atoms with Gasteiger partial charge in [0.15, 0.2) is 0 Å². The van der Waals surface area contributed by atoms with Gasteiger partial charge in [0, 0.05) is 33.7 Å². The van der Waals surface area contributed by atoms with E-state index in [2.05, 4.69) is 30.0 Å². The number of allylic oxidation sites excluding steroid dienone is 2. The Kier molecular flexibility index (Phi) is 8.49. The van der Waals surface area contributed by atoms with Crippen LogP contribution in [0.15, 0.2) is 23.0 Å². The number of rotatable bonds is 2. The van der Waals surface area contributed by atoms with Crippen LogP contribution in [0.2, 0.25) is 0 Å². The van der Waals surface area contributed by atoms with Crippen LogP contribution in [0.4, 0.5) is 0 Å². The van der Waals surface area contributed by atoms with E-state index in [0.717, 1.165) is 18.0 Å². The number of nitrogens with zero attached hydrogens (tertiary/aromatic N) is 3. The Balaban J connectivity index is 0.000000478. The first-order valence-corrected chi connectivity index (χ1v) is 7.09. The average molecular weight is 484 g/mol. The largest absolute Gasteiger partial charge is 0.512 e. The Morgan fingerprint density at radius 2 is 2.09 bits per heavy atom. The zero-order valence-electron chi connectivity index (χ0n) is 13.8. The normalized spacial score (nSPS) is 16.8. The van der Waals surface area contributed by atoms with E-state index in [9.17, 15) is 0 Å². The summed E-state index contributed by atoms with van der Waals surface area (Å²) in [6, 6.07) is 3.15. The number of carbonyl (C=O) groups excluding carboxylic acids is 1. The second-order valence-electron chi connectivity index (χ2n) is 5.91. The fraction of sp³-hybridized carbons (Fsp3) is 0.562. The van der Waals surface area contributed by atoms with E-state index in [1.165, 1.54) is 32.8 Å². The topological polar surface area (TPSA) is 71.8 Å². The van der Waals surface area contributed by atoms with Gasteiger partial charge in [-0.2, -0.15) is 0 Å². The van der Waals surface area contributed by atoms with E-state index in [0.29, 0.717) is 0 Å². The predicted octanol–water partition coefficient (Wildman–Crippen LogP) is 2.84. The molecule has 1 aliphatic heterocycles. The number of hydrogen-bond acceptors (Lipinski definition) is 3. The summed E-state index contributed by atoms with van der Waals surface area (Å²) in [5, 5.41) is 12.5. The second-order valence-corrected chi connectivity index (χ2v) is 5.91. The smallest absolute Gasteiger partial charge is 0.316 e. The van der Waals surface area contributed by atoms with Gasteiger partial charge in [-0.1, -0.05) is 37.1 Å². The molecular formula is C16H25IrN3O2. The molecule has 0 spiro atoms. The number of aliphatic hydroxyl groups excluding tert-OH is 1. The van der Waals surface area contributed by atoms with Gasteiger partial charge in [0.05, 0.1) is 18.8 Å². The molecule has 2 heterocycles. The SMILES string of the molecule is CC(=[OH+])/C=C(/C)O.Cn1nc[c-]c1C1=NCCCC1(C)C.[Ir]. The van der Waals surface area contributed by atoms with Gasteiger partial charge < -0.3 is 14.8 Å². The molecule has 2 rings (SSSR count). The molecule has 22 heavy (non-hydrogen) atoms. The quantitative estimate of drug-likeness (QED) is 0.304. The molecule has 0 atom stereocenters. The van der Waals surface area contributed by atoms with Crippen molar-refractivity contribution in [3.05, 3.63) is 29.8 Å².